The van der Waals surface area contributed by atoms with Gasteiger partial charge >= 0.3 is 0 Å². The van der Waals surface area contributed by atoms with E-state index in [2.05, 4.69) is 4.98 Å². The molecule has 88 valence electrons. The average Bonchev–Trinajstić information content (AvgIpc) is 2.03. The molecule has 0 saturated carbocycles. The number of pyridine rings is 1. The Balaban J connectivity index is 0. The molecule has 2 N–H and O–H groups in total. The fourth-order valence-corrected chi connectivity index (χ4v) is 1.07. The van der Waals surface area contributed by atoms with Crippen LogP contribution in [0, 0.1) is 17.6 Å². The lowest BCUT2D eigenvalue weighted by atomic mass is 9.97. The number of aromatic nitrogens is 1. The van der Waals surface area contributed by atoms with E-state index in [4.69, 9.17) is 5.73 Å². The van der Waals surface area contributed by atoms with Crippen molar-refractivity contribution in [3.05, 3.63) is 29.6 Å². The number of nitrogens with two attached hydrogens (primary N) is 1. The van der Waals surface area contributed by atoms with Gasteiger partial charge in [-0.15, -0.1) is 24.8 Å². The highest BCUT2D eigenvalue weighted by Crippen LogP contribution is 2.23. The van der Waals surface area contributed by atoms with Crippen LogP contribution < -0.4 is 5.73 Å². The Bertz CT molecular complexity index is 288. The summed E-state index contributed by atoms with van der Waals surface area (Å²) in [5.74, 6) is -1.37. The molecule has 1 aromatic rings. The van der Waals surface area contributed by atoms with Crippen LogP contribution in [0.1, 0.15) is 25.5 Å². The first-order valence-corrected chi connectivity index (χ1v) is 4.08. The van der Waals surface area contributed by atoms with Gasteiger partial charge < -0.3 is 5.73 Å². The van der Waals surface area contributed by atoms with Gasteiger partial charge in [0.25, 0.3) is 0 Å². The monoisotopic (exact) mass is 258 g/mol. The third-order valence-corrected chi connectivity index (χ3v) is 1.94. The van der Waals surface area contributed by atoms with Crippen molar-refractivity contribution in [3.8, 4) is 0 Å². The van der Waals surface area contributed by atoms with Crippen molar-refractivity contribution in [2.75, 3.05) is 0 Å². The molecule has 1 heterocycles. The van der Waals surface area contributed by atoms with Crippen molar-refractivity contribution in [2.45, 2.75) is 19.9 Å². The van der Waals surface area contributed by atoms with Gasteiger partial charge in [0.15, 0.2) is 0 Å². The van der Waals surface area contributed by atoms with Crippen LogP contribution in [0.15, 0.2) is 12.4 Å². The molecule has 0 amide bonds. The molecule has 0 spiro atoms. The zero-order valence-corrected chi connectivity index (χ0v) is 10.0. The summed E-state index contributed by atoms with van der Waals surface area (Å²) < 4.78 is 26.2. The van der Waals surface area contributed by atoms with Gasteiger partial charge in [0.05, 0.1) is 12.4 Å². The molecule has 0 fully saturated rings. The van der Waals surface area contributed by atoms with E-state index in [-0.39, 0.29) is 36.3 Å². The van der Waals surface area contributed by atoms with Gasteiger partial charge in [-0.1, -0.05) is 13.8 Å². The number of hydrogen-bond donors (Lipinski definition) is 1. The van der Waals surface area contributed by atoms with Crippen LogP contribution in [0.2, 0.25) is 0 Å². The van der Waals surface area contributed by atoms with Crippen molar-refractivity contribution >= 4 is 24.8 Å². The summed E-state index contributed by atoms with van der Waals surface area (Å²) in [6, 6.07) is -0.622. The number of hydrogen-bond acceptors (Lipinski definition) is 2. The van der Waals surface area contributed by atoms with E-state index in [9.17, 15) is 8.78 Å². The average molecular weight is 259 g/mol. The molecule has 0 saturated heterocycles. The lowest BCUT2D eigenvalue weighted by molar-refractivity contribution is 0.451. The predicted molar refractivity (Wildman–Crippen MR) is 60.4 cm³/mol. The summed E-state index contributed by atoms with van der Waals surface area (Å²) in [7, 11) is 0. The normalized spacial score (nSPS) is 11.6. The smallest absolute Gasteiger partial charge is 0.149 e. The van der Waals surface area contributed by atoms with Crippen LogP contribution in [0.3, 0.4) is 0 Å². The van der Waals surface area contributed by atoms with Gasteiger partial charge in [-0.3, -0.25) is 4.98 Å². The molecule has 1 aromatic heterocycles. The lowest BCUT2D eigenvalue weighted by Gasteiger charge is -2.16. The van der Waals surface area contributed by atoms with Gasteiger partial charge in [0.2, 0.25) is 0 Å². The van der Waals surface area contributed by atoms with Crippen LogP contribution in [0.25, 0.3) is 0 Å². The molecular formula is C9H14Cl2F2N2. The molecule has 2 nitrogen and oxygen atoms in total. The molecule has 1 rings (SSSR count). The molecule has 0 aromatic carbocycles. The second-order valence-corrected chi connectivity index (χ2v) is 3.29. The topological polar surface area (TPSA) is 38.9 Å². The van der Waals surface area contributed by atoms with Crippen molar-refractivity contribution in [1.82, 2.24) is 4.98 Å². The van der Waals surface area contributed by atoms with Gasteiger partial charge in [-0.2, -0.15) is 0 Å². The SMILES string of the molecule is CC(C)C(N)c1c(F)cncc1F.Cl.Cl. The van der Waals surface area contributed by atoms with E-state index in [1.54, 1.807) is 0 Å². The molecule has 0 bridgehead atoms. The molecule has 0 aliphatic rings. The van der Waals surface area contributed by atoms with Gasteiger partial charge in [-0.05, 0) is 5.92 Å². The fraction of sp³-hybridized carbons (Fsp3) is 0.444. The molecule has 6 heteroatoms. The molecular weight excluding hydrogens is 245 g/mol. The van der Waals surface area contributed by atoms with E-state index in [1.165, 1.54) is 0 Å². The highest BCUT2D eigenvalue weighted by Gasteiger charge is 2.19. The third-order valence-electron chi connectivity index (χ3n) is 1.94. The van der Waals surface area contributed by atoms with E-state index in [1.807, 2.05) is 13.8 Å². The van der Waals surface area contributed by atoms with E-state index in [0.29, 0.717) is 0 Å². The van der Waals surface area contributed by atoms with E-state index in [0.717, 1.165) is 12.4 Å². The number of nitrogens with zero attached hydrogens (tertiary/aromatic N) is 1. The standard InChI is InChI=1S/C9H12F2N2.2ClH/c1-5(2)9(12)8-6(10)3-13-4-7(8)11;;/h3-5,9H,12H2,1-2H3;2*1H. The molecule has 0 aliphatic carbocycles. The molecule has 0 radical (unpaired) electrons. The minimum absolute atomic E-state index is 0. The Kier molecular flexibility index (Phi) is 7.83. The maximum absolute atomic E-state index is 13.1. The molecule has 15 heavy (non-hydrogen) atoms. The summed E-state index contributed by atoms with van der Waals surface area (Å²) in [5.41, 5.74) is 5.55. The number of rotatable bonds is 2. The lowest BCUT2D eigenvalue weighted by Crippen LogP contribution is -2.20. The first-order chi connectivity index (χ1) is 6.04. The maximum Gasteiger partial charge on any atom is 0.149 e. The van der Waals surface area contributed by atoms with Gasteiger partial charge in [0, 0.05) is 11.6 Å². The maximum atomic E-state index is 13.1. The second kappa shape index (κ2) is 6.93. The summed E-state index contributed by atoms with van der Waals surface area (Å²) in [4.78, 5) is 3.38. The Morgan fingerprint density at radius 3 is 1.87 bits per heavy atom. The second-order valence-electron chi connectivity index (χ2n) is 3.29. The largest absolute Gasteiger partial charge is 0.324 e. The summed E-state index contributed by atoms with van der Waals surface area (Å²) in [6.45, 7) is 3.62. The Labute approximate surface area is 100 Å². The minimum Gasteiger partial charge on any atom is -0.324 e. The van der Waals surface area contributed by atoms with Crippen molar-refractivity contribution in [3.63, 3.8) is 0 Å². The zero-order valence-electron chi connectivity index (χ0n) is 8.41. The van der Waals surface area contributed by atoms with Crippen LogP contribution in [-0.2, 0) is 0 Å². The molecule has 1 atom stereocenters. The zero-order chi connectivity index (χ0) is 10.0. The van der Waals surface area contributed by atoms with Gasteiger partial charge in [0.1, 0.15) is 11.6 Å². The van der Waals surface area contributed by atoms with E-state index >= 15 is 0 Å². The van der Waals surface area contributed by atoms with Crippen LogP contribution in [0.4, 0.5) is 8.78 Å². The van der Waals surface area contributed by atoms with Crippen LogP contribution in [-0.4, -0.2) is 4.98 Å². The van der Waals surface area contributed by atoms with E-state index < -0.39 is 17.7 Å². The highest BCUT2D eigenvalue weighted by atomic mass is 35.5. The fourth-order valence-electron chi connectivity index (χ4n) is 1.07. The number of halogens is 4. The highest BCUT2D eigenvalue weighted by molar-refractivity contribution is 5.85. The van der Waals surface area contributed by atoms with Crippen molar-refractivity contribution in [1.29, 1.82) is 0 Å². The molecule has 0 aliphatic heterocycles. The van der Waals surface area contributed by atoms with Crippen LogP contribution in [0.5, 0.6) is 0 Å². The van der Waals surface area contributed by atoms with Crippen molar-refractivity contribution in [2.24, 2.45) is 11.7 Å². The predicted octanol–water partition coefficient (Wildman–Crippen LogP) is 2.86. The van der Waals surface area contributed by atoms with Crippen molar-refractivity contribution < 1.29 is 8.78 Å². The Morgan fingerprint density at radius 2 is 1.53 bits per heavy atom. The Morgan fingerprint density at radius 1 is 1.13 bits per heavy atom. The first-order valence-electron chi connectivity index (χ1n) is 4.08. The summed E-state index contributed by atoms with van der Waals surface area (Å²) >= 11 is 0. The molecule has 1 unspecified atom stereocenters. The Hall–Kier alpha value is -0.450. The van der Waals surface area contributed by atoms with Gasteiger partial charge in [-0.25, -0.2) is 8.78 Å². The quantitative estimate of drug-likeness (QED) is 0.886. The summed E-state index contributed by atoms with van der Waals surface area (Å²) in [6.07, 6.45) is 1.95. The minimum atomic E-state index is -0.679. The van der Waals surface area contributed by atoms with Crippen LogP contribution >= 0.6 is 24.8 Å². The summed E-state index contributed by atoms with van der Waals surface area (Å²) in [5, 5.41) is 0. The third kappa shape index (κ3) is 3.89. The first kappa shape index (κ1) is 17.0.